The van der Waals surface area contributed by atoms with Crippen molar-refractivity contribution in [3.63, 3.8) is 0 Å². The molecule has 1 aromatic heterocycles. The van der Waals surface area contributed by atoms with Crippen molar-refractivity contribution in [3.05, 3.63) is 54.0 Å². The molecule has 2 aromatic rings. The van der Waals surface area contributed by atoms with Crippen LogP contribution in [0.1, 0.15) is 31.6 Å². The molecule has 0 bridgehead atoms. The first-order valence-corrected chi connectivity index (χ1v) is 8.08. The largest absolute Gasteiger partial charge is 0.494 e. The summed E-state index contributed by atoms with van der Waals surface area (Å²) in [5.74, 6) is 2.54. The van der Waals surface area contributed by atoms with Gasteiger partial charge >= 0.3 is 0 Å². The standard InChI is InChI=1S/C18H25N3O2/c1-3-10-22-16-8-5-7-15(12-16)13-20-18(19-4-2)21-14-17-9-6-11-23-17/h5-9,11-12H,3-4,10,13-14H2,1-2H3,(H2,19,20,21). The maximum Gasteiger partial charge on any atom is 0.191 e. The maximum atomic E-state index is 5.65. The minimum Gasteiger partial charge on any atom is -0.494 e. The van der Waals surface area contributed by atoms with Gasteiger partial charge in [0.1, 0.15) is 11.5 Å². The van der Waals surface area contributed by atoms with E-state index in [1.807, 2.05) is 37.3 Å². The normalized spacial score (nSPS) is 11.3. The predicted octanol–water partition coefficient (Wildman–Crippen LogP) is 3.32. The fraction of sp³-hybridized carbons (Fsp3) is 0.389. The highest BCUT2D eigenvalue weighted by Crippen LogP contribution is 2.14. The van der Waals surface area contributed by atoms with Crippen LogP contribution in [-0.4, -0.2) is 19.1 Å². The van der Waals surface area contributed by atoms with Gasteiger partial charge in [0.15, 0.2) is 5.96 Å². The smallest absolute Gasteiger partial charge is 0.191 e. The number of ether oxygens (including phenoxy) is 1. The number of guanidine groups is 1. The summed E-state index contributed by atoms with van der Waals surface area (Å²) in [7, 11) is 0. The topological polar surface area (TPSA) is 58.8 Å². The van der Waals surface area contributed by atoms with Crippen LogP contribution in [0.15, 0.2) is 52.1 Å². The van der Waals surface area contributed by atoms with Gasteiger partial charge in [-0.1, -0.05) is 19.1 Å². The van der Waals surface area contributed by atoms with Crippen molar-refractivity contribution in [2.45, 2.75) is 33.4 Å². The Balaban J connectivity index is 1.93. The molecule has 0 radical (unpaired) electrons. The Hall–Kier alpha value is -2.43. The van der Waals surface area contributed by atoms with Crippen molar-refractivity contribution in [1.82, 2.24) is 10.6 Å². The summed E-state index contributed by atoms with van der Waals surface area (Å²) in [6, 6.07) is 11.9. The monoisotopic (exact) mass is 315 g/mol. The lowest BCUT2D eigenvalue weighted by Crippen LogP contribution is -2.36. The number of hydrogen-bond acceptors (Lipinski definition) is 3. The van der Waals surface area contributed by atoms with Crippen LogP contribution in [0, 0.1) is 0 Å². The van der Waals surface area contributed by atoms with Gasteiger partial charge < -0.3 is 19.8 Å². The van der Waals surface area contributed by atoms with Gasteiger partial charge in [-0.15, -0.1) is 0 Å². The van der Waals surface area contributed by atoms with Crippen molar-refractivity contribution in [3.8, 4) is 5.75 Å². The number of benzene rings is 1. The molecule has 0 amide bonds. The highest BCUT2D eigenvalue weighted by molar-refractivity contribution is 5.79. The maximum absolute atomic E-state index is 5.65. The van der Waals surface area contributed by atoms with Crippen molar-refractivity contribution in [2.24, 2.45) is 4.99 Å². The van der Waals surface area contributed by atoms with Crippen LogP contribution in [0.25, 0.3) is 0 Å². The zero-order valence-electron chi connectivity index (χ0n) is 13.8. The second-order valence-electron chi connectivity index (χ2n) is 5.12. The van der Waals surface area contributed by atoms with Gasteiger partial charge in [0.05, 0.1) is 26.0 Å². The van der Waals surface area contributed by atoms with Crippen molar-refractivity contribution in [1.29, 1.82) is 0 Å². The summed E-state index contributed by atoms with van der Waals surface area (Å²) in [6.45, 7) is 6.89. The molecule has 0 saturated heterocycles. The van der Waals surface area contributed by atoms with Gasteiger partial charge in [0, 0.05) is 6.54 Å². The van der Waals surface area contributed by atoms with Crippen molar-refractivity contribution < 1.29 is 9.15 Å². The van der Waals surface area contributed by atoms with E-state index in [2.05, 4.69) is 28.6 Å². The minimum atomic E-state index is 0.594. The van der Waals surface area contributed by atoms with Crippen LogP contribution in [-0.2, 0) is 13.1 Å². The van der Waals surface area contributed by atoms with E-state index >= 15 is 0 Å². The van der Waals surface area contributed by atoms with Crippen LogP contribution < -0.4 is 15.4 Å². The van der Waals surface area contributed by atoms with Crippen molar-refractivity contribution >= 4 is 5.96 Å². The molecule has 0 unspecified atom stereocenters. The summed E-state index contributed by atoms with van der Waals surface area (Å²) in [4.78, 5) is 4.60. The number of nitrogens with zero attached hydrogens (tertiary/aromatic N) is 1. The molecule has 5 heteroatoms. The fourth-order valence-electron chi connectivity index (χ4n) is 2.05. The Morgan fingerprint density at radius 3 is 2.83 bits per heavy atom. The first-order valence-electron chi connectivity index (χ1n) is 8.08. The quantitative estimate of drug-likeness (QED) is 0.579. The molecule has 0 spiro atoms. The summed E-state index contributed by atoms with van der Waals surface area (Å²) in [6.07, 6.45) is 2.67. The van der Waals surface area contributed by atoms with Crippen LogP contribution in [0.3, 0.4) is 0 Å². The Labute approximate surface area is 137 Å². The summed E-state index contributed by atoms with van der Waals surface area (Å²) < 4.78 is 11.0. The van der Waals surface area contributed by atoms with E-state index in [1.54, 1.807) is 6.26 Å². The SMILES string of the molecule is CCCOc1cccc(CN=C(NCC)NCc2ccco2)c1. The Morgan fingerprint density at radius 2 is 2.09 bits per heavy atom. The lowest BCUT2D eigenvalue weighted by atomic mass is 10.2. The van der Waals surface area contributed by atoms with E-state index in [9.17, 15) is 0 Å². The fourth-order valence-corrected chi connectivity index (χ4v) is 2.05. The Bertz CT molecular complexity index is 594. The lowest BCUT2D eigenvalue weighted by molar-refractivity contribution is 0.317. The van der Waals surface area contributed by atoms with Gasteiger partial charge in [-0.3, -0.25) is 0 Å². The molecule has 0 aliphatic carbocycles. The number of furan rings is 1. The van der Waals surface area contributed by atoms with E-state index in [0.29, 0.717) is 13.1 Å². The van der Waals surface area contributed by atoms with Crippen LogP contribution >= 0.6 is 0 Å². The first-order chi connectivity index (χ1) is 11.3. The average Bonchev–Trinajstić information content (AvgIpc) is 3.09. The number of aliphatic imine (C=N–C) groups is 1. The van der Waals surface area contributed by atoms with Gasteiger partial charge in [0.2, 0.25) is 0 Å². The number of rotatable bonds is 8. The second kappa shape index (κ2) is 9.56. The van der Waals surface area contributed by atoms with E-state index in [-0.39, 0.29) is 0 Å². The highest BCUT2D eigenvalue weighted by atomic mass is 16.5. The van der Waals surface area contributed by atoms with Crippen LogP contribution in [0.5, 0.6) is 5.75 Å². The highest BCUT2D eigenvalue weighted by Gasteiger charge is 2.01. The molecular formula is C18H25N3O2. The van der Waals surface area contributed by atoms with Gasteiger partial charge in [-0.05, 0) is 43.2 Å². The van der Waals surface area contributed by atoms with Crippen molar-refractivity contribution in [2.75, 3.05) is 13.2 Å². The number of hydrogen-bond donors (Lipinski definition) is 2. The molecule has 0 atom stereocenters. The molecule has 2 rings (SSSR count). The third kappa shape index (κ3) is 6.06. The molecule has 23 heavy (non-hydrogen) atoms. The molecule has 0 aliphatic rings. The summed E-state index contributed by atoms with van der Waals surface area (Å²) in [5.41, 5.74) is 1.12. The molecule has 124 valence electrons. The zero-order valence-corrected chi connectivity index (χ0v) is 13.8. The molecule has 5 nitrogen and oxygen atoms in total. The number of nitrogens with one attached hydrogen (secondary N) is 2. The molecule has 2 N–H and O–H groups in total. The van der Waals surface area contributed by atoms with E-state index in [0.717, 1.165) is 42.6 Å². The summed E-state index contributed by atoms with van der Waals surface area (Å²) in [5, 5.41) is 6.49. The summed E-state index contributed by atoms with van der Waals surface area (Å²) >= 11 is 0. The third-order valence-corrected chi connectivity index (χ3v) is 3.15. The first kappa shape index (κ1) is 16.9. The molecule has 0 aliphatic heterocycles. The minimum absolute atomic E-state index is 0.594. The average molecular weight is 315 g/mol. The molecule has 1 heterocycles. The molecule has 0 saturated carbocycles. The lowest BCUT2D eigenvalue weighted by Gasteiger charge is -2.10. The molecule has 1 aromatic carbocycles. The Kier molecular flexibility index (Phi) is 7.04. The van der Waals surface area contributed by atoms with E-state index < -0.39 is 0 Å². The third-order valence-electron chi connectivity index (χ3n) is 3.15. The van der Waals surface area contributed by atoms with Gasteiger partial charge in [-0.2, -0.15) is 0 Å². The second-order valence-corrected chi connectivity index (χ2v) is 5.12. The molecule has 0 fully saturated rings. The molecular weight excluding hydrogens is 290 g/mol. The van der Waals surface area contributed by atoms with Gasteiger partial charge in [-0.25, -0.2) is 4.99 Å². The van der Waals surface area contributed by atoms with Crippen LogP contribution in [0.4, 0.5) is 0 Å². The van der Waals surface area contributed by atoms with Crippen LogP contribution in [0.2, 0.25) is 0 Å². The zero-order chi connectivity index (χ0) is 16.3. The van der Waals surface area contributed by atoms with E-state index in [4.69, 9.17) is 9.15 Å². The van der Waals surface area contributed by atoms with E-state index in [1.165, 1.54) is 0 Å². The Morgan fingerprint density at radius 1 is 1.17 bits per heavy atom. The predicted molar refractivity (Wildman–Crippen MR) is 92.6 cm³/mol. The van der Waals surface area contributed by atoms with Gasteiger partial charge in [0.25, 0.3) is 0 Å².